The monoisotopic (exact) mass is 274 g/mol. The van der Waals surface area contributed by atoms with Crippen molar-refractivity contribution in [3.63, 3.8) is 0 Å². The topological polar surface area (TPSA) is 41.1 Å². The molecule has 19 heavy (non-hydrogen) atoms. The van der Waals surface area contributed by atoms with Gasteiger partial charge >= 0.3 is 0 Å². The summed E-state index contributed by atoms with van der Waals surface area (Å²) in [4.78, 5) is 14.1. The Morgan fingerprint density at radius 2 is 1.89 bits per heavy atom. The standard InChI is InChI=1S/C15H18N2OS/c1-10-8-13(11(2)19-10)9-17-14-6-4-12(5-7-14)15(18)16-3/h4-8,17H,9H2,1-3H3,(H,16,18). The number of aryl methyl sites for hydroxylation is 2. The molecule has 2 N–H and O–H groups in total. The number of benzene rings is 1. The number of carbonyl (C=O) groups excluding carboxylic acids is 1. The van der Waals surface area contributed by atoms with Gasteiger partial charge in [0.2, 0.25) is 0 Å². The first-order valence-electron chi connectivity index (χ1n) is 6.22. The molecule has 0 aliphatic heterocycles. The Labute approximate surface area is 117 Å². The maximum atomic E-state index is 11.4. The minimum Gasteiger partial charge on any atom is -0.381 e. The van der Waals surface area contributed by atoms with Crippen LogP contribution in [0.3, 0.4) is 0 Å². The summed E-state index contributed by atoms with van der Waals surface area (Å²) < 4.78 is 0. The zero-order valence-corrected chi connectivity index (χ0v) is 12.2. The molecule has 2 rings (SSSR count). The van der Waals surface area contributed by atoms with Crippen LogP contribution in [-0.2, 0) is 6.54 Å². The summed E-state index contributed by atoms with van der Waals surface area (Å²) in [6.45, 7) is 5.08. The largest absolute Gasteiger partial charge is 0.381 e. The number of rotatable bonds is 4. The molecule has 0 saturated heterocycles. The zero-order chi connectivity index (χ0) is 13.8. The van der Waals surface area contributed by atoms with Crippen LogP contribution >= 0.6 is 11.3 Å². The average Bonchev–Trinajstić information content (AvgIpc) is 2.74. The van der Waals surface area contributed by atoms with E-state index in [1.54, 1.807) is 7.05 Å². The van der Waals surface area contributed by atoms with Crippen LogP contribution in [0.25, 0.3) is 0 Å². The third-order valence-corrected chi connectivity index (χ3v) is 4.01. The molecule has 0 atom stereocenters. The molecule has 0 unspecified atom stereocenters. The molecule has 1 heterocycles. The van der Waals surface area contributed by atoms with Gasteiger partial charge in [-0.1, -0.05) is 0 Å². The predicted molar refractivity (Wildman–Crippen MR) is 81.0 cm³/mol. The first kappa shape index (κ1) is 13.6. The van der Waals surface area contributed by atoms with E-state index in [1.807, 2.05) is 35.6 Å². The summed E-state index contributed by atoms with van der Waals surface area (Å²) in [5, 5.41) is 5.99. The van der Waals surface area contributed by atoms with E-state index in [-0.39, 0.29) is 5.91 Å². The van der Waals surface area contributed by atoms with Gasteiger partial charge in [-0.3, -0.25) is 4.79 Å². The van der Waals surface area contributed by atoms with E-state index in [2.05, 4.69) is 30.5 Å². The Hall–Kier alpha value is -1.81. The Kier molecular flexibility index (Phi) is 4.22. The summed E-state index contributed by atoms with van der Waals surface area (Å²) in [5.74, 6) is -0.0594. The molecule has 0 spiro atoms. The Morgan fingerprint density at radius 1 is 1.21 bits per heavy atom. The highest BCUT2D eigenvalue weighted by Gasteiger charge is 2.04. The lowest BCUT2D eigenvalue weighted by molar-refractivity contribution is 0.0963. The van der Waals surface area contributed by atoms with Crippen molar-refractivity contribution in [3.05, 3.63) is 51.2 Å². The van der Waals surface area contributed by atoms with Crippen molar-refractivity contribution in [2.75, 3.05) is 12.4 Å². The van der Waals surface area contributed by atoms with Gasteiger partial charge in [-0.2, -0.15) is 0 Å². The minimum absolute atomic E-state index is 0.0594. The minimum atomic E-state index is -0.0594. The van der Waals surface area contributed by atoms with Crippen molar-refractivity contribution < 1.29 is 4.79 Å². The lowest BCUT2D eigenvalue weighted by atomic mass is 10.2. The summed E-state index contributed by atoms with van der Waals surface area (Å²) >= 11 is 1.82. The molecule has 0 saturated carbocycles. The molecular weight excluding hydrogens is 256 g/mol. The Morgan fingerprint density at radius 3 is 2.42 bits per heavy atom. The van der Waals surface area contributed by atoms with Crippen molar-refractivity contribution in [1.82, 2.24) is 5.32 Å². The van der Waals surface area contributed by atoms with Gasteiger partial charge in [0.1, 0.15) is 0 Å². The molecule has 0 aliphatic carbocycles. The van der Waals surface area contributed by atoms with Gasteiger partial charge in [0.05, 0.1) is 0 Å². The smallest absolute Gasteiger partial charge is 0.251 e. The van der Waals surface area contributed by atoms with E-state index >= 15 is 0 Å². The van der Waals surface area contributed by atoms with E-state index in [0.717, 1.165) is 12.2 Å². The third-order valence-electron chi connectivity index (χ3n) is 3.00. The van der Waals surface area contributed by atoms with Crippen LogP contribution in [0.5, 0.6) is 0 Å². The van der Waals surface area contributed by atoms with Crippen LogP contribution < -0.4 is 10.6 Å². The van der Waals surface area contributed by atoms with Gasteiger partial charge in [-0.25, -0.2) is 0 Å². The normalized spacial score (nSPS) is 10.3. The summed E-state index contributed by atoms with van der Waals surface area (Å²) in [5.41, 5.74) is 3.03. The third kappa shape index (κ3) is 3.35. The molecular formula is C15H18N2OS. The number of hydrogen-bond acceptors (Lipinski definition) is 3. The number of nitrogens with one attached hydrogen (secondary N) is 2. The van der Waals surface area contributed by atoms with Crippen LogP contribution in [0.1, 0.15) is 25.7 Å². The molecule has 1 aromatic heterocycles. The Balaban J connectivity index is 2.00. The molecule has 0 aliphatic rings. The van der Waals surface area contributed by atoms with E-state index in [4.69, 9.17) is 0 Å². The van der Waals surface area contributed by atoms with Crippen LogP contribution in [0, 0.1) is 13.8 Å². The number of carbonyl (C=O) groups is 1. The summed E-state index contributed by atoms with van der Waals surface area (Å²) in [6, 6.07) is 9.73. The number of anilines is 1. The second-order valence-electron chi connectivity index (χ2n) is 4.45. The fraction of sp³-hybridized carbons (Fsp3) is 0.267. The SMILES string of the molecule is CNC(=O)c1ccc(NCc2cc(C)sc2C)cc1. The van der Waals surface area contributed by atoms with Gasteiger partial charge in [0, 0.05) is 34.6 Å². The molecule has 0 radical (unpaired) electrons. The van der Waals surface area contributed by atoms with E-state index in [9.17, 15) is 4.79 Å². The summed E-state index contributed by atoms with van der Waals surface area (Å²) in [7, 11) is 1.64. The molecule has 100 valence electrons. The van der Waals surface area contributed by atoms with Crippen molar-refractivity contribution in [2.45, 2.75) is 20.4 Å². The van der Waals surface area contributed by atoms with Gasteiger partial charge in [-0.15, -0.1) is 11.3 Å². The number of thiophene rings is 1. The average molecular weight is 274 g/mol. The highest BCUT2D eigenvalue weighted by molar-refractivity contribution is 7.12. The molecule has 4 heteroatoms. The number of hydrogen-bond donors (Lipinski definition) is 2. The predicted octanol–water partition coefficient (Wildman–Crippen LogP) is 3.34. The maximum Gasteiger partial charge on any atom is 0.251 e. The van der Waals surface area contributed by atoms with Gasteiger partial charge < -0.3 is 10.6 Å². The maximum absolute atomic E-state index is 11.4. The molecule has 1 aromatic carbocycles. The van der Waals surface area contributed by atoms with Crippen molar-refractivity contribution >= 4 is 22.9 Å². The van der Waals surface area contributed by atoms with E-state index < -0.39 is 0 Å². The lowest BCUT2D eigenvalue weighted by Crippen LogP contribution is -2.17. The first-order valence-corrected chi connectivity index (χ1v) is 7.03. The highest BCUT2D eigenvalue weighted by atomic mass is 32.1. The van der Waals surface area contributed by atoms with Crippen molar-refractivity contribution in [1.29, 1.82) is 0 Å². The number of amides is 1. The zero-order valence-electron chi connectivity index (χ0n) is 11.4. The highest BCUT2D eigenvalue weighted by Crippen LogP contribution is 2.21. The lowest BCUT2D eigenvalue weighted by Gasteiger charge is -2.07. The molecule has 0 bridgehead atoms. The fourth-order valence-corrected chi connectivity index (χ4v) is 2.89. The quantitative estimate of drug-likeness (QED) is 0.898. The molecule has 2 aromatic rings. The van der Waals surface area contributed by atoms with Crippen LogP contribution in [-0.4, -0.2) is 13.0 Å². The Bertz CT molecular complexity index is 572. The first-order chi connectivity index (χ1) is 9.10. The fourth-order valence-electron chi connectivity index (χ4n) is 1.94. The van der Waals surface area contributed by atoms with Gasteiger partial charge in [-0.05, 0) is 49.7 Å². The van der Waals surface area contributed by atoms with Crippen molar-refractivity contribution in [2.24, 2.45) is 0 Å². The van der Waals surface area contributed by atoms with Crippen LogP contribution in [0.15, 0.2) is 30.3 Å². The second kappa shape index (κ2) is 5.89. The molecule has 0 fully saturated rings. The van der Waals surface area contributed by atoms with Gasteiger partial charge in [0.25, 0.3) is 5.91 Å². The molecule has 1 amide bonds. The second-order valence-corrected chi connectivity index (χ2v) is 5.91. The van der Waals surface area contributed by atoms with E-state index in [0.29, 0.717) is 5.56 Å². The molecule has 3 nitrogen and oxygen atoms in total. The van der Waals surface area contributed by atoms with Crippen LogP contribution in [0.4, 0.5) is 5.69 Å². The van der Waals surface area contributed by atoms with Crippen molar-refractivity contribution in [3.8, 4) is 0 Å². The summed E-state index contributed by atoms with van der Waals surface area (Å²) in [6.07, 6.45) is 0. The van der Waals surface area contributed by atoms with Gasteiger partial charge in [0.15, 0.2) is 0 Å². The van der Waals surface area contributed by atoms with E-state index in [1.165, 1.54) is 15.3 Å². The van der Waals surface area contributed by atoms with Crippen LogP contribution in [0.2, 0.25) is 0 Å².